The molecule has 3 rings (SSSR count). The van der Waals surface area contributed by atoms with Crippen LogP contribution in [0, 0.1) is 5.82 Å². The number of rotatable bonds is 4. The first-order chi connectivity index (χ1) is 12.6. The summed E-state index contributed by atoms with van der Waals surface area (Å²) in [5.74, 6) is -0.823. The van der Waals surface area contributed by atoms with Gasteiger partial charge < -0.3 is 0 Å². The maximum atomic E-state index is 14.2. The van der Waals surface area contributed by atoms with E-state index in [1.165, 1.54) is 24.8 Å². The Balaban J connectivity index is 1.95. The van der Waals surface area contributed by atoms with Gasteiger partial charge in [0.05, 0.1) is 16.3 Å². The van der Waals surface area contributed by atoms with E-state index >= 15 is 0 Å². The summed E-state index contributed by atoms with van der Waals surface area (Å²) in [6.07, 6.45) is -2.32. The number of hydrogen-bond donors (Lipinski definition) is 1. The molecule has 0 amide bonds. The van der Waals surface area contributed by atoms with E-state index < -0.39 is 37.5 Å². The molecular weight excluding hydrogens is 412 g/mol. The zero-order valence-electron chi connectivity index (χ0n) is 13.1. The van der Waals surface area contributed by atoms with Crippen LogP contribution in [0.1, 0.15) is 5.56 Å². The predicted molar refractivity (Wildman–Crippen MR) is 88.6 cm³/mol. The van der Waals surface area contributed by atoms with Crippen molar-refractivity contribution in [1.82, 2.24) is 14.8 Å². The van der Waals surface area contributed by atoms with Crippen LogP contribution in [-0.2, 0) is 16.2 Å². The molecule has 6 nitrogen and oxygen atoms in total. The van der Waals surface area contributed by atoms with Crippen LogP contribution in [-0.4, -0.2) is 23.2 Å². The van der Waals surface area contributed by atoms with Gasteiger partial charge in [0.1, 0.15) is 23.2 Å². The van der Waals surface area contributed by atoms with Gasteiger partial charge in [0.15, 0.2) is 5.82 Å². The number of nitrogens with one attached hydrogen (secondary N) is 1. The summed E-state index contributed by atoms with van der Waals surface area (Å²) in [6, 6.07) is 5.21. The van der Waals surface area contributed by atoms with E-state index in [2.05, 4.69) is 10.1 Å². The van der Waals surface area contributed by atoms with E-state index in [0.717, 1.165) is 16.8 Å². The van der Waals surface area contributed by atoms with Crippen molar-refractivity contribution in [2.24, 2.45) is 0 Å². The van der Waals surface area contributed by atoms with Crippen molar-refractivity contribution in [2.45, 2.75) is 11.1 Å². The van der Waals surface area contributed by atoms with Crippen LogP contribution < -0.4 is 4.72 Å². The smallest absolute Gasteiger partial charge is 0.279 e. The van der Waals surface area contributed by atoms with Gasteiger partial charge >= 0.3 is 6.18 Å². The van der Waals surface area contributed by atoms with Gasteiger partial charge in [-0.15, -0.1) is 0 Å². The third-order valence-electron chi connectivity index (χ3n) is 3.41. The molecule has 1 aromatic heterocycles. The molecule has 0 radical (unpaired) electrons. The third-order valence-corrected chi connectivity index (χ3v) is 5.28. The molecule has 0 bridgehead atoms. The van der Waals surface area contributed by atoms with Crippen LogP contribution in [0.25, 0.3) is 5.69 Å². The molecule has 0 saturated carbocycles. The number of alkyl halides is 3. The molecule has 0 saturated heterocycles. The number of halogens is 5. The Morgan fingerprint density at radius 2 is 1.85 bits per heavy atom. The predicted octanol–water partition coefficient (Wildman–Crippen LogP) is 3.88. The zero-order chi connectivity index (χ0) is 19.8. The van der Waals surface area contributed by atoms with E-state index in [4.69, 9.17) is 11.6 Å². The molecule has 142 valence electrons. The van der Waals surface area contributed by atoms with Crippen molar-refractivity contribution in [2.75, 3.05) is 4.72 Å². The van der Waals surface area contributed by atoms with E-state index in [1.807, 2.05) is 4.72 Å². The van der Waals surface area contributed by atoms with Gasteiger partial charge in [-0.1, -0.05) is 11.6 Å². The molecule has 0 spiro atoms. The van der Waals surface area contributed by atoms with Crippen LogP contribution in [0.4, 0.5) is 23.2 Å². The van der Waals surface area contributed by atoms with Crippen LogP contribution in [0.15, 0.2) is 53.9 Å². The van der Waals surface area contributed by atoms with Crippen molar-refractivity contribution in [3.8, 4) is 5.69 Å². The van der Waals surface area contributed by atoms with E-state index in [0.29, 0.717) is 12.1 Å². The van der Waals surface area contributed by atoms with E-state index in [-0.39, 0.29) is 11.4 Å². The summed E-state index contributed by atoms with van der Waals surface area (Å²) in [7, 11) is -4.49. The molecule has 1 N–H and O–H groups in total. The fraction of sp³-hybridized carbons (Fsp3) is 0.0667. The highest BCUT2D eigenvalue weighted by molar-refractivity contribution is 7.92. The van der Waals surface area contributed by atoms with Crippen molar-refractivity contribution < 1.29 is 26.0 Å². The topological polar surface area (TPSA) is 76.9 Å². The Morgan fingerprint density at radius 3 is 2.44 bits per heavy atom. The maximum Gasteiger partial charge on any atom is 0.416 e. The minimum atomic E-state index is -4.75. The molecule has 3 aromatic rings. The third kappa shape index (κ3) is 4.03. The standard InChI is InChI=1S/C15H9ClF4N4O2S/c16-11-3-1-9(15(18,19)20)5-14(11)27(25,26)23-10-2-4-13(12(17)6-10)24-8-21-7-22-24/h1-8,23H. The highest BCUT2D eigenvalue weighted by Gasteiger charge is 2.32. The Labute approximate surface area is 155 Å². The van der Waals surface area contributed by atoms with Crippen molar-refractivity contribution in [3.63, 3.8) is 0 Å². The number of aromatic nitrogens is 3. The summed E-state index contributed by atoms with van der Waals surface area (Å²) in [5, 5.41) is 3.34. The summed E-state index contributed by atoms with van der Waals surface area (Å²) in [5.41, 5.74) is -1.38. The first kappa shape index (κ1) is 19.1. The number of nitrogens with zero attached hydrogens (tertiary/aromatic N) is 3. The van der Waals surface area contributed by atoms with E-state index in [1.54, 1.807) is 0 Å². The lowest BCUT2D eigenvalue weighted by Gasteiger charge is -2.13. The molecule has 12 heteroatoms. The molecule has 0 aliphatic carbocycles. The second kappa shape index (κ2) is 6.82. The Hall–Kier alpha value is -2.66. The van der Waals surface area contributed by atoms with Gasteiger partial charge in [-0.05, 0) is 30.3 Å². The van der Waals surface area contributed by atoms with Gasteiger partial charge in [0.2, 0.25) is 0 Å². The summed E-state index contributed by atoms with van der Waals surface area (Å²) in [4.78, 5) is 2.89. The first-order valence-electron chi connectivity index (χ1n) is 7.12. The molecule has 0 aliphatic rings. The van der Waals surface area contributed by atoms with Gasteiger partial charge in [-0.25, -0.2) is 22.5 Å². The fourth-order valence-corrected chi connectivity index (χ4v) is 3.76. The molecule has 0 atom stereocenters. The molecular formula is C15H9ClF4N4O2S. The quantitative estimate of drug-likeness (QED) is 0.650. The number of sulfonamides is 1. The lowest BCUT2D eigenvalue weighted by molar-refractivity contribution is -0.137. The maximum absolute atomic E-state index is 14.2. The minimum absolute atomic E-state index is 0.00699. The van der Waals surface area contributed by atoms with Gasteiger partial charge in [0, 0.05) is 6.07 Å². The summed E-state index contributed by atoms with van der Waals surface area (Å²) in [6.45, 7) is 0. The lowest BCUT2D eigenvalue weighted by atomic mass is 10.2. The minimum Gasteiger partial charge on any atom is -0.279 e. The van der Waals surface area contributed by atoms with E-state index in [9.17, 15) is 26.0 Å². The number of benzene rings is 2. The van der Waals surface area contributed by atoms with Crippen molar-refractivity contribution in [3.05, 3.63) is 65.5 Å². The molecule has 1 heterocycles. The Morgan fingerprint density at radius 1 is 1.11 bits per heavy atom. The fourth-order valence-electron chi connectivity index (χ4n) is 2.18. The highest BCUT2D eigenvalue weighted by atomic mass is 35.5. The molecule has 0 unspecified atom stereocenters. The monoisotopic (exact) mass is 420 g/mol. The summed E-state index contributed by atoms with van der Waals surface area (Å²) >= 11 is 5.74. The second-order valence-corrected chi connectivity index (χ2v) is 7.31. The zero-order valence-corrected chi connectivity index (χ0v) is 14.6. The summed E-state index contributed by atoms with van der Waals surface area (Å²) < 4.78 is 80.6. The first-order valence-corrected chi connectivity index (χ1v) is 8.98. The average molecular weight is 421 g/mol. The SMILES string of the molecule is O=S(=O)(Nc1ccc(-n2cncn2)c(F)c1)c1cc(C(F)(F)F)ccc1Cl. The van der Waals surface area contributed by atoms with Gasteiger partial charge in [0.25, 0.3) is 10.0 Å². The molecule has 2 aromatic carbocycles. The largest absolute Gasteiger partial charge is 0.416 e. The van der Waals surface area contributed by atoms with Crippen LogP contribution in [0.2, 0.25) is 5.02 Å². The average Bonchev–Trinajstić information content (AvgIpc) is 3.08. The lowest BCUT2D eigenvalue weighted by Crippen LogP contribution is -2.15. The number of anilines is 1. The van der Waals surface area contributed by atoms with Crippen LogP contribution in [0.3, 0.4) is 0 Å². The van der Waals surface area contributed by atoms with Crippen LogP contribution in [0.5, 0.6) is 0 Å². The van der Waals surface area contributed by atoms with Gasteiger partial charge in [-0.2, -0.15) is 18.3 Å². The van der Waals surface area contributed by atoms with Crippen LogP contribution >= 0.6 is 11.6 Å². The van der Waals surface area contributed by atoms with Crippen molar-refractivity contribution in [1.29, 1.82) is 0 Å². The second-order valence-electron chi connectivity index (χ2n) is 5.25. The molecule has 27 heavy (non-hydrogen) atoms. The normalized spacial score (nSPS) is 12.2. The highest BCUT2D eigenvalue weighted by Crippen LogP contribution is 2.34. The molecule has 0 fully saturated rings. The van der Waals surface area contributed by atoms with Crippen molar-refractivity contribution >= 4 is 27.3 Å². The number of hydrogen-bond acceptors (Lipinski definition) is 4. The Bertz CT molecular complexity index is 1090. The molecule has 0 aliphatic heterocycles. The van der Waals surface area contributed by atoms with Gasteiger partial charge in [-0.3, -0.25) is 4.72 Å². The Kier molecular flexibility index (Phi) is 4.82.